The number of aryl methyl sites for hydroxylation is 1. The molecule has 2 atom stereocenters. The van der Waals surface area contributed by atoms with E-state index < -0.39 is 0 Å². The molecule has 2 rings (SSSR count). The van der Waals surface area contributed by atoms with E-state index in [0.29, 0.717) is 23.9 Å². The summed E-state index contributed by atoms with van der Waals surface area (Å²) in [5.41, 5.74) is 4.28. The van der Waals surface area contributed by atoms with Gasteiger partial charge in [-0.3, -0.25) is 5.43 Å². The first-order chi connectivity index (χ1) is 9.45. The molecule has 1 aliphatic heterocycles. The van der Waals surface area contributed by atoms with Crippen LogP contribution < -0.4 is 10.2 Å². The highest BCUT2D eigenvalue weighted by Crippen LogP contribution is 2.23. The summed E-state index contributed by atoms with van der Waals surface area (Å²) in [5.74, 6) is 1.26. The molecular weight excluding hydrogens is 252 g/mol. The van der Waals surface area contributed by atoms with E-state index >= 15 is 0 Å². The standard InChI is InChI=1S/C15H26N4O/c1-10(2)20-14-9-11(3)16-15(17-14)18-19-12(4)7-6-8-13(19)5/h9-10,12-13H,6-8H2,1-5H3,(H,16,17,18). The first-order valence-electron chi connectivity index (χ1n) is 7.53. The fraction of sp³-hybridized carbons (Fsp3) is 0.733. The second-order valence-corrected chi connectivity index (χ2v) is 5.99. The van der Waals surface area contributed by atoms with Gasteiger partial charge >= 0.3 is 0 Å². The van der Waals surface area contributed by atoms with E-state index in [1.165, 1.54) is 19.3 Å². The Morgan fingerprint density at radius 3 is 2.50 bits per heavy atom. The number of nitrogens with zero attached hydrogens (tertiary/aromatic N) is 3. The molecule has 1 saturated heterocycles. The molecule has 0 saturated carbocycles. The van der Waals surface area contributed by atoms with Gasteiger partial charge in [0.1, 0.15) is 0 Å². The summed E-state index contributed by atoms with van der Waals surface area (Å²) in [6.45, 7) is 10.4. The summed E-state index contributed by atoms with van der Waals surface area (Å²) in [4.78, 5) is 8.91. The van der Waals surface area contributed by atoms with Crippen LogP contribution in [0.25, 0.3) is 0 Å². The van der Waals surface area contributed by atoms with Gasteiger partial charge < -0.3 is 4.74 Å². The predicted octanol–water partition coefficient (Wildman–Crippen LogP) is 3.16. The normalized spacial score (nSPS) is 23.9. The average Bonchev–Trinajstić information content (AvgIpc) is 2.32. The van der Waals surface area contributed by atoms with E-state index in [0.717, 1.165) is 5.69 Å². The molecule has 0 aromatic carbocycles. The van der Waals surface area contributed by atoms with E-state index in [1.54, 1.807) is 0 Å². The highest BCUT2D eigenvalue weighted by Gasteiger charge is 2.25. The van der Waals surface area contributed by atoms with Crippen molar-refractivity contribution in [3.8, 4) is 5.88 Å². The Bertz CT molecular complexity index is 439. The summed E-state index contributed by atoms with van der Waals surface area (Å²) in [5, 5.41) is 2.26. The molecule has 5 heteroatoms. The van der Waals surface area contributed by atoms with Gasteiger partial charge in [-0.15, -0.1) is 0 Å². The van der Waals surface area contributed by atoms with Crippen LogP contribution in [0.15, 0.2) is 6.07 Å². The molecule has 1 aromatic rings. The van der Waals surface area contributed by atoms with Crippen LogP contribution in [0, 0.1) is 6.92 Å². The minimum atomic E-state index is 0.116. The molecule has 1 aliphatic rings. The number of anilines is 1. The number of hydrazine groups is 1. The van der Waals surface area contributed by atoms with Crippen molar-refractivity contribution in [3.05, 3.63) is 11.8 Å². The molecule has 0 radical (unpaired) electrons. The van der Waals surface area contributed by atoms with Gasteiger partial charge in [-0.05, 0) is 47.5 Å². The minimum Gasteiger partial charge on any atom is -0.475 e. The summed E-state index contributed by atoms with van der Waals surface area (Å²) < 4.78 is 5.67. The van der Waals surface area contributed by atoms with Crippen molar-refractivity contribution in [3.63, 3.8) is 0 Å². The largest absolute Gasteiger partial charge is 0.475 e. The Morgan fingerprint density at radius 2 is 1.90 bits per heavy atom. The molecule has 112 valence electrons. The third-order valence-corrected chi connectivity index (χ3v) is 3.61. The molecule has 2 unspecified atom stereocenters. The summed E-state index contributed by atoms with van der Waals surface area (Å²) >= 11 is 0. The van der Waals surface area contributed by atoms with Gasteiger partial charge in [0, 0.05) is 23.8 Å². The molecule has 20 heavy (non-hydrogen) atoms. The first-order valence-corrected chi connectivity index (χ1v) is 7.53. The Hall–Kier alpha value is -1.36. The fourth-order valence-corrected chi connectivity index (χ4v) is 2.65. The van der Waals surface area contributed by atoms with Gasteiger partial charge in [0.15, 0.2) is 0 Å². The molecule has 5 nitrogen and oxygen atoms in total. The summed E-state index contributed by atoms with van der Waals surface area (Å²) in [7, 11) is 0. The van der Waals surface area contributed by atoms with Crippen LogP contribution in [0.2, 0.25) is 0 Å². The molecule has 0 amide bonds. The average molecular weight is 278 g/mol. The van der Waals surface area contributed by atoms with Crippen molar-refractivity contribution in [2.45, 2.75) is 72.1 Å². The van der Waals surface area contributed by atoms with Crippen molar-refractivity contribution in [2.24, 2.45) is 0 Å². The predicted molar refractivity (Wildman–Crippen MR) is 80.8 cm³/mol. The van der Waals surface area contributed by atoms with Crippen molar-refractivity contribution in [1.82, 2.24) is 15.0 Å². The van der Waals surface area contributed by atoms with Crippen LogP contribution in [0.1, 0.15) is 52.7 Å². The molecule has 1 aromatic heterocycles. The SMILES string of the molecule is Cc1cc(OC(C)C)nc(NN2C(C)CCCC2C)n1. The Kier molecular flexibility index (Phi) is 4.81. The molecule has 2 heterocycles. The number of rotatable bonds is 4. The van der Waals surface area contributed by atoms with Crippen LogP contribution in [0.4, 0.5) is 5.95 Å². The third kappa shape index (κ3) is 3.82. The molecule has 0 spiro atoms. The lowest BCUT2D eigenvalue weighted by Gasteiger charge is -2.38. The van der Waals surface area contributed by atoms with Crippen molar-refractivity contribution < 1.29 is 4.74 Å². The second kappa shape index (κ2) is 6.39. The van der Waals surface area contributed by atoms with Crippen LogP contribution in [-0.2, 0) is 0 Å². The van der Waals surface area contributed by atoms with Crippen molar-refractivity contribution in [1.29, 1.82) is 0 Å². The van der Waals surface area contributed by atoms with Crippen molar-refractivity contribution in [2.75, 3.05) is 5.43 Å². The lowest BCUT2D eigenvalue weighted by Crippen LogP contribution is -2.47. The van der Waals surface area contributed by atoms with Gasteiger partial charge in [0.2, 0.25) is 11.8 Å². The number of hydrogen-bond acceptors (Lipinski definition) is 5. The smallest absolute Gasteiger partial charge is 0.241 e. The van der Waals surface area contributed by atoms with Crippen LogP contribution in [0.5, 0.6) is 5.88 Å². The Labute approximate surface area is 121 Å². The summed E-state index contributed by atoms with van der Waals surface area (Å²) in [6.07, 6.45) is 3.82. The fourth-order valence-electron chi connectivity index (χ4n) is 2.65. The van der Waals surface area contributed by atoms with Gasteiger partial charge in [-0.25, -0.2) is 9.99 Å². The first kappa shape index (κ1) is 15.0. The lowest BCUT2D eigenvalue weighted by atomic mass is 10.00. The van der Waals surface area contributed by atoms with E-state index in [1.807, 2.05) is 26.8 Å². The van der Waals surface area contributed by atoms with Gasteiger partial charge in [-0.2, -0.15) is 4.98 Å². The van der Waals surface area contributed by atoms with Gasteiger partial charge in [-0.1, -0.05) is 6.42 Å². The highest BCUT2D eigenvalue weighted by atomic mass is 16.5. The van der Waals surface area contributed by atoms with Crippen LogP contribution in [-0.4, -0.2) is 33.2 Å². The van der Waals surface area contributed by atoms with Gasteiger partial charge in [0.05, 0.1) is 6.10 Å². The van der Waals surface area contributed by atoms with Crippen molar-refractivity contribution >= 4 is 5.95 Å². The maximum absolute atomic E-state index is 5.67. The van der Waals surface area contributed by atoms with E-state index in [4.69, 9.17) is 4.74 Å². The van der Waals surface area contributed by atoms with E-state index in [-0.39, 0.29) is 6.10 Å². The number of aromatic nitrogens is 2. The number of ether oxygens (including phenoxy) is 1. The van der Waals surface area contributed by atoms with E-state index in [2.05, 4.69) is 34.3 Å². The monoisotopic (exact) mass is 278 g/mol. The maximum Gasteiger partial charge on any atom is 0.241 e. The molecule has 0 bridgehead atoms. The zero-order valence-electron chi connectivity index (χ0n) is 13.2. The Morgan fingerprint density at radius 1 is 1.25 bits per heavy atom. The van der Waals surface area contributed by atoms with Crippen LogP contribution in [0.3, 0.4) is 0 Å². The zero-order chi connectivity index (χ0) is 14.7. The third-order valence-electron chi connectivity index (χ3n) is 3.61. The Balaban J connectivity index is 2.13. The maximum atomic E-state index is 5.67. The quantitative estimate of drug-likeness (QED) is 0.916. The number of piperidine rings is 1. The number of nitrogens with one attached hydrogen (secondary N) is 1. The highest BCUT2D eigenvalue weighted by molar-refractivity contribution is 5.30. The van der Waals surface area contributed by atoms with Gasteiger partial charge in [0.25, 0.3) is 0 Å². The molecular formula is C15H26N4O. The summed E-state index contributed by atoms with van der Waals surface area (Å²) in [6, 6.07) is 2.86. The lowest BCUT2D eigenvalue weighted by molar-refractivity contribution is 0.134. The molecule has 0 aliphatic carbocycles. The van der Waals surface area contributed by atoms with E-state index in [9.17, 15) is 0 Å². The molecule has 1 N–H and O–H groups in total. The second-order valence-electron chi connectivity index (χ2n) is 5.99. The number of hydrogen-bond donors (Lipinski definition) is 1. The zero-order valence-corrected chi connectivity index (χ0v) is 13.2. The van der Waals surface area contributed by atoms with Crippen LogP contribution >= 0.6 is 0 Å². The topological polar surface area (TPSA) is 50.3 Å². The minimum absolute atomic E-state index is 0.116. The molecule has 1 fully saturated rings.